The van der Waals surface area contributed by atoms with E-state index in [1.807, 2.05) is 23.9 Å². The molecule has 0 aromatic heterocycles. The number of likely N-dealkylation sites (tertiary alicyclic amines) is 1. The lowest BCUT2D eigenvalue weighted by molar-refractivity contribution is -0.133. The van der Waals surface area contributed by atoms with E-state index in [2.05, 4.69) is 5.32 Å². The van der Waals surface area contributed by atoms with E-state index < -0.39 is 0 Å². The summed E-state index contributed by atoms with van der Waals surface area (Å²) in [4.78, 5) is 27.8. The quantitative estimate of drug-likeness (QED) is 0.746. The molecular weight excluding hydrogens is 230 g/mol. The second kappa shape index (κ2) is 5.69. The Kier molecular flexibility index (Phi) is 4.22. The number of hydrogen-bond donors (Lipinski definition) is 1. The van der Waals surface area contributed by atoms with Crippen molar-refractivity contribution in [3.05, 3.63) is 0 Å². The van der Waals surface area contributed by atoms with Gasteiger partial charge in [-0.3, -0.25) is 9.59 Å². The highest BCUT2D eigenvalue weighted by Crippen LogP contribution is 2.40. The van der Waals surface area contributed by atoms with Crippen LogP contribution in [0.2, 0.25) is 0 Å². The first-order valence-corrected chi connectivity index (χ1v) is 6.81. The van der Waals surface area contributed by atoms with Crippen LogP contribution in [0.15, 0.2) is 0 Å². The van der Waals surface area contributed by atoms with E-state index in [0.29, 0.717) is 6.54 Å². The third kappa shape index (κ3) is 3.22. The predicted octanol–water partition coefficient (Wildman–Crippen LogP) is -0.0773. The predicted molar refractivity (Wildman–Crippen MR) is 69.0 cm³/mol. The lowest BCUT2D eigenvalue weighted by atomic mass is 10.2. The maximum atomic E-state index is 12.0. The highest BCUT2D eigenvalue weighted by molar-refractivity contribution is 5.92. The van der Waals surface area contributed by atoms with Crippen LogP contribution in [0.5, 0.6) is 0 Å². The van der Waals surface area contributed by atoms with Gasteiger partial charge in [0.1, 0.15) is 0 Å². The maximum absolute atomic E-state index is 12.0. The molecule has 0 bridgehead atoms. The second-order valence-corrected chi connectivity index (χ2v) is 5.58. The largest absolute Gasteiger partial charge is 0.355 e. The van der Waals surface area contributed by atoms with Crippen molar-refractivity contribution in [3.8, 4) is 0 Å². The molecule has 5 nitrogen and oxygen atoms in total. The Morgan fingerprint density at radius 3 is 2.50 bits per heavy atom. The van der Waals surface area contributed by atoms with Crippen molar-refractivity contribution < 1.29 is 9.59 Å². The molecule has 2 amide bonds. The number of rotatable bonds is 5. The molecule has 5 heteroatoms. The van der Waals surface area contributed by atoms with Gasteiger partial charge in [0.15, 0.2) is 0 Å². The summed E-state index contributed by atoms with van der Waals surface area (Å²) in [6.07, 6.45) is 2.96. The van der Waals surface area contributed by atoms with Gasteiger partial charge in [0, 0.05) is 26.2 Å². The Bertz CT molecular complexity index is 324. The van der Waals surface area contributed by atoms with Crippen LogP contribution in [0.4, 0.5) is 0 Å². The minimum Gasteiger partial charge on any atom is -0.355 e. The summed E-state index contributed by atoms with van der Waals surface area (Å²) in [7, 11) is 3.95. The van der Waals surface area contributed by atoms with E-state index in [1.165, 1.54) is 0 Å². The Hall–Kier alpha value is -1.10. The molecule has 2 unspecified atom stereocenters. The third-order valence-electron chi connectivity index (χ3n) is 3.72. The molecule has 0 radical (unpaired) electrons. The van der Waals surface area contributed by atoms with Crippen LogP contribution in [0.3, 0.4) is 0 Å². The van der Waals surface area contributed by atoms with Crippen molar-refractivity contribution >= 4 is 11.8 Å². The smallest absolute Gasteiger partial charge is 0.226 e. The molecule has 2 fully saturated rings. The lowest BCUT2D eigenvalue weighted by Crippen LogP contribution is -2.34. The summed E-state index contributed by atoms with van der Waals surface area (Å²) in [6, 6.07) is 0. The number of amides is 2. The van der Waals surface area contributed by atoms with E-state index in [0.717, 1.165) is 38.9 Å². The average Bonchev–Trinajstić information content (AvgIpc) is 2.93. The van der Waals surface area contributed by atoms with Gasteiger partial charge < -0.3 is 15.1 Å². The molecule has 2 rings (SSSR count). The van der Waals surface area contributed by atoms with Gasteiger partial charge >= 0.3 is 0 Å². The summed E-state index contributed by atoms with van der Waals surface area (Å²) < 4.78 is 0. The van der Waals surface area contributed by atoms with Crippen LogP contribution in [0, 0.1) is 11.8 Å². The first-order chi connectivity index (χ1) is 8.59. The first-order valence-electron chi connectivity index (χ1n) is 6.81. The maximum Gasteiger partial charge on any atom is 0.226 e. The molecule has 2 aliphatic rings. The van der Waals surface area contributed by atoms with Crippen molar-refractivity contribution in [1.29, 1.82) is 0 Å². The summed E-state index contributed by atoms with van der Waals surface area (Å²) in [5, 5.41) is 2.90. The number of hydrogen-bond acceptors (Lipinski definition) is 3. The van der Waals surface area contributed by atoms with E-state index in [4.69, 9.17) is 0 Å². The zero-order valence-electron chi connectivity index (χ0n) is 11.3. The summed E-state index contributed by atoms with van der Waals surface area (Å²) in [6.45, 7) is 3.25. The fourth-order valence-electron chi connectivity index (χ4n) is 2.46. The molecule has 0 spiro atoms. The SMILES string of the molecule is CN(C)CCNC(=O)C1CC1C(=O)N1CCCC1. The number of likely N-dealkylation sites (N-methyl/N-ethyl adjacent to an activating group) is 1. The zero-order chi connectivity index (χ0) is 13.1. The zero-order valence-corrected chi connectivity index (χ0v) is 11.3. The molecule has 1 heterocycles. The monoisotopic (exact) mass is 253 g/mol. The van der Waals surface area contributed by atoms with Gasteiger partial charge in [0.25, 0.3) is 0 Å². The molecule has 1 aliphatic carbocycles. The van der Waals surface area contributed by atoms with Gasteiger partial charge in [0.2, 0.25) is 11.8 Å². The van der Waals surface area contributed by atoms with Gasteiger partial charge in [-0.05, 0) is 33.4 Å². The highest BCUT2D eigenvalue weighted by atomic mass is 16.2. The Morgan fingerprint density at radius 1 is 1.22 bits per heavy atom. The fourth-order valence-corrected chi connectivity index (χ4v) is 2.46. The Balaban J connectivity index is 1.69. The molecule has 0 aromatic rings. The molecular formula is C13H23N3O2. The van der Waals surface area contributed by atoms with Crippen molar-refractivity contribution in [2.75, 3.05) is 40.3 Å². The molecule has 102 valence electrons. The topological polar surface area (TPSA) is 52.7 Å². The third-order valence-corrected chi connectivity index (χ3v) is 3.72. The van der Waals surface area contributed by atoms with Gasteiger partial charge in [-0.15, -0.1) is 0 Å². The minimum atomic E-state index is -0.0692. The summed E-state index contributed by atoms with van der Waals surface area (Å²) in [5.41, 5.74) is 0. The van der Waals surface area contributed by atoms with Crippen molar-refractivity contribution in [2.24, 2.45) is 11.8 Å². The number of carbonyl (C=O) groups is 2. The van der Waals surface area contributed by atoms with Crippen LogP contribution < -0.4 is 5.32 Å². The average molecular weight is 253 g/mol. The van der Waals surface area contributed by atoms with Crippen molar-refractivity contribution in [1.82, 2.24) is 15.1 Å². The van der Waals surface area contributed by atoms with Crippen LogP contribution >= 0.6 is 0 Å². The molecule has 18 heavy (non-hydrogen) atoms. The van der Waals surface area contributed by atoms with Gasteiger partial charge in [-0.1, -0.05) is 0 Å². The molecule has 1 saturated heterocycles. The Labute approximate surface area is 108 Å². The first kappa shape index (κ1) is 13.3. The fraction of sp³-hybridized carbons (Fsp3) is 0.846. The van der Waals surface area contributed by atoms with E-state index in [-0.39, 0.29) is 23.7 Å². The van der Waals surface area contributed by atoms with Crippen LogP contribution in [0.25, 0.3) is 0 Å². The molecule has 1 aliphatic heterocycles. The molecule has 1 N–H and O–H groups in total. The molecule has 1 saturated carbocycles. The molecule has 0 aromatic carbocycles. The van der Waals surface area contributed by atoms with Gasteiger partial charge in [-0.25, -0.2) is 0 Å². The molecule has 2 atom stereocenters. The number of carbonyl (C=O) groups excluding carboxylic acids is 2. The van der Waals surface area contributed by atoms with E-state index in [9.17, 15) is 9.59 Å². The van der Waals surface area contributed by atoms with Crippen LogP contribution in [-0.2, 0) is 9.59 Å². The Morgan fingerprint density at radius 2 is 1.89 bits per heavy atom. The minimum absolute atomic E-state index is 0.0394. The number of nitrogens with zero attached hydrogens (tertiary/aromatic N) is 2. The van der Waals surface area contributed by atoms with Gasteiger partial charge in [-0.2, -0.15) is 0 Å². The van der Waals surface area contributed by atoms with Crippen molar-refractivity contribution in [2.45, 2.75) is 19.3 Å². The number of nitrogens with one attached hydrogen (secondary N) is 1. The van der Waals surface area contributed by atoms with E-state index in [1.54, 1.807) is 0 Å². The van der Waals surface area contributed by atoms with Crippen molar-refractivity contribution in [3.63, 3.8) is 0 Å². The summed E-state index contributed by atoms with van der Waals surface area (Å²) in [5.74, 6) is 0.136. The van der Waals surface area contributed by atoms with Gasteiger partial charge in [0.05, 0.1) is 11.8 Å². The highest BCUT2D eigenvalue weighted by Gasteiger charge is 2.49. The normalized spacial score (nSPS) is 26.5. The standard InChI is InChI=1S/C13H23N3O2/c1-15(2)8-5-14-12(17)10-9-11(10)13(18)16-6-3-4-7-16/h10-11H,3-9H2,1-2H3,(H,14,17). The van der Waals surface area contributed by atoms with E-state index >= 15 is 0 Å². The second-order valence-electron chi connectivity index (χ2n) is 5.58. The van der Waals surface area contributed by atoms with Crippen LogP contribution in [-0.4, -0.2) is 61.9 Å². The van der Waals surface area contributed by atoms with Crippen LogP contribution in [0.1, 0.15) is 19.3 Å². The summed E-state index contributed by atoms with van der Waals surface area (Å²) >= 11 is 0. The lowest BCUT2D eigenvalue weighted by Gasteiger charge is -2.15.